The maximum atomic E-state index is 4.42. The van der Waals surface area contributed by atoms with Crippen LogP contribution in [-0.4, -0.2) is 20.2 Å². The van der Waals surface area contributed by atoms with Gasteiger partial charge in [0.15, 0.2) is 11.6 Å². The summed E-state index contributed by atoms with van der Waals surface area (Å²) in [6.45, 7) is 0. The first kappa shape index (κ1) is 12.6. The number of H-pyrrole nitrogens is 1. The van der Waals surface area contributed by atoms with Crippen molar-refractivity contribution in [2.45, 2.75) is 0 Å². The first-order valence-corrected chi connectivity index (χ1v) is 5.33. The molecule has 0 unspecified atom stereocenters. The van der Waals surface area contributed by atoms with Crippen LogP contribution in [-0.2, 0) is 20.1 Å². The second kappa shape index (κ2) is 5.67. The van der Waals surface area contributed by atoms with E-state index in [2.05, 4.69) is 20.2 Å². The molecular weight excluding hydrogens is 404 g/mol. The van der Waals surface area contributed by atoms with Crippen molar-refractivity contribution in [3.05, 3.63) is 54.7 Å². The molecule has 3 aromatic rings. The number of aromatic amines is 1. The van der Waals surface area contributed by atoms with Gasteiger partial charge in [-0.2, -0.15) is 5.10 Å². The Kier molecular flexibility index (Phi) is 3.97. The van der Waals surface area contributed by atoms with Gasteiger partial charge < -0.3 is 0 Å². The van der Waals surface area contributed by atoms with Gasteiger partial charge in [-0.3, -0.25) is 10.1 Å². The fourth-order valence-electron chi connectivity index (χ4n) is 1.60. The van der Waals surface area contributed by atoms with Gasteiger partial charge in [0.1, 0.15) is 5.69 Å². The van der Waals surface area contributed by atoms with Crippen molar-refractivity contribution in [1.82, 2.24) is 20.2 Å². The van der Waals surface area contributed by atoms with E-state index in [1.54, 1.807) is 6.20 Å². The third-order valence-corrected chi connectivity index (χ3v) is 2.42. The van der Waals surface area contributed by atoms with Crippen LogP contribution in [0.3, 0.4) is 0 Å². The second-order valence-electron chi connectivity index (χ2n) is 3.59. The molecule has 0 atom stereocenters. The van der Waals surface area contributed by atoms with Crippen molar-refractivity contribution < 1.29 is 20.1 Å². The molecule has 0 spiro atoms. The number of pyridine rings is 1. The molecule has 0 fully saturated rings. The van der Waals surface area contributed by atoms with Crippen molar-refractivity contribution in [3.63, 3.8) is 0 Å². The normalized spacial score (nSPS) is 9.78. The van der Waals surface area contributed by atoms with Gasteiger partial charge in [-0.15, -0.1) is 0 Å². The van der Waals surface area contributed by atoms with E-state index in [1.165, 1.54) is 0 Å². The van der Waals surface area contributed by atoms with Crippen LogP contribution in [0.4, 0.5) is 0 Å². The molecule has 0 bridgehead atoms. The van der Waals surface area contributed by atoms with Crippen LogP contribution >= 0.6 is 0 Å². The molecule has 0 saturated carbocycles. The second-order valence-corrected chi connectivity index (χ2v) is 3.59. The van der Waals surface area contributed by atoms with Gasteiger partial charge in [0, 0.05) is 11.8 Å². The number of nitrogens with zero attached hydrogens (tertiary/aromatic N) is 3. The first-order valence-electron chi connectivity index (χ1n) is 5.33. The van der Waals surface area contributed by atoms with E-state index in [9.17, 15) is 0 Å². The van der Waals surface area contributed by atoms with E-state index >= 15 is 0 Å². The maximum Gasteiger partial charge on any atom is 3.00 e. The summed E-state index contributed by atoms with van der Waals surface area (Å²) in [6.07, 6.45) is 1.74. The Morgan fingerprint density at radius 2 is 1.67 bits per heavy atom. The van der Waals surface area contributed by atoms with Crippen molar-refractivity contribution in [2.24, 2.45) is 0 Å². The average Bonchev–Trinajstić information content (AvgIpc) is 2.90. The van der Waals surface area contributed by atoms with Crippen LogP contribution in [0.5, 0.6) is 0 Å². The fraction of sp³-hybridized carbons (Fsp3) is 0. The zero-order chi connectivity index (χ0) is 11.5. The standard InChI is InChI=1S/C13H10N4.Ir/c1-2-6-10(7-3-1)12-15-13(17-16-12)11-8-4-5-9-14-11;/h1-9H,(H,15,16,17);/q;+3. The Morgan fingerprint density at radius 3 is 2.39 bits per heavy atom. The van der Waals surface area contributed by atoms with Crippen LogP contribution in [0.2, 0.25) is 0 Å². The van der Waals surface area contributed by atoms with Crippen molar-refractivity contribution >= 4 is 0 Å². The fourth-order valence-corrected chi connectivity index (χ4v) is 1.60. The third-order valence-electron chi connectivity index (χ3n) is 2.42. The van der Waals surface area contributed by atoms with E-state index in [4.69, 9.17) is 0 Å². The summed E-state index contributed by atoms with van der Waals surface area (Å²) in [7, 11) is 0. The summed E-state index contributed by atoms with van der Waals surface area (Å²) >= 11 is 0. The van der Waals surface area contributed by atoms with Gasteiger partial charge >= 0.3 is 20.1 Å². The molecule has 5 heteroatoms. The summed E-state index contributed by atoms with van der Waals surface area (Å²) in [4.78, 5) is 8.64. The number of aromatic nitrogens is 4. The molecule has 0 aliphatic rings. The molecule has 0 aliphatic heterocycles. The van der Waals surface area contributed by atoms with Crippen LogP contribution < -0.4 is 0 Å². The zero-order valence-electron chi connectivity index (χ0n) is 9.37. The smallest absolute Gasteiger partial charge is 0.257 e. The van der Waals surface area contributed by atoms with Crippen molar-refractivity contribution in [1.29, 1.82) is 0 Å². The largest absolute Gasteiger partial charge is 3.00 e. The van der Waals surface area contributed by atoms with Gasteiger partial charge in [0.25, 0.3) is 0 Å². The van der Waals surface area contributed by atoms with Crippen LogP contribution in [0.15, 0.2) is 54.7 Å². The zero-order valence-corrected chi connectivity index (χ0v) is 11.8. The SMILES string of the molecule is [Ir+3].c1ccc(-c2n[nH]c(-c3ccccn3)n2)cc1. The first-order chi connectivity index (χ1) is 8.43. The molecule has 0 amide bonds. The molecular formula is C13H10IrN4+3. The molecule has 0 saturated heterocycles. The summed E-state index contributed by atoms with van der Waals surface area (Å²) in [5, 5.41) is 7.08. The van der Waals surface area contributed by atoms with Crippen LogP contribution in [0.25, 0.3) is 22.9 Å². The molecule has 2 heterocycles. The minimum absolute atomic E-state index is 0. The van der Waals surface area contributed by atoms with Gasteiger partial charge in [0.2, 0.25) is 0 Å². The number of benzene rings is 1. The van der Waals surface area contributed by atoms with Gasteiger partial charge in [-0.1, -0.05) is 36.4 Å². The minimum atomic E-state index is 0. The molecule has 0 aliphatic carbocycles. The summed E-state index contributed by atoms with van der Waals surface area (Å²) in [5.74, 6) is 1.37. The molecule has 1 aromatic carbocycles. The Labute approximate surface area is 118 Å². The Morgan fingerprint density at radius 1 is 0.889 bits per heavy atom. The van der Waals surface area contributed by atoms with Gasteiger partial charge in [-0.25, -0.2) is 4.98 Å². The van der Waals surface area contributed by atoms with Crippen LogP contribution in [0.1, 0.15) is 0 Å². The van der Waals surface area contributed by atoms with Crippen molar-refractivity contribution in [2.75, 3.05) is 0 Å². The van der Waals surface area contributed by atoms with Gasteiger partial charge in [0.05, 0.1) is 0 Å². The van der Waals surface area contributed by atoms with Crippen LogP contribution in [0, 0.1) is 0 Å². The summed E-state index contributed by atoms with van der Waals surface area (Å²) < 4.78 is 0. The Hall–Kier alpha value is -1.84. The molecule has 18 heavy (non-hydrogen) atoms. The van der Waals surface area contributed by atoms with Gasteiger partial charge in [-0.05, 0) is 12.1 Å². The van der Waals surface area contributed by atoms with E-state index in [1.807, 2.05) is 48.5 Å². The molecule has 1 N–H and O–H groups in total. The van der Waals surface area contributed by atoms with Crippen molar-refractivity contribution in [3.8, 4) is 22.9 Å². The number of hydrogen-bond acceptors (Lipinski definition) is 3. The number of hydrogen-bond donors (Lipinski definition) is 1. The predicted octanol–water partition coefficient (Wildman–Crippen LogP) is 2.53. The van der Waals surface area contributed by atoms with E-state index in [0.29, 0.717) is 11.6 Å². The quantitative estimate of drug-likeness (QED) is 0.701. The Bertz CT molecular complexity index is 553. The van der Waals surface area contributed by atoms with E-state index in [0.717, 1.165) is 11.3 Å². The third kappa shape index (κ3) is 2.53. The maximum absolute atomic E-state index is 4.42. The molecule has 0 radical (unpaired) electrons. The Balaban J connectivity index is 0.00000120. The predicted molar refractivity (Wildman–Crippen MR) is 65.0 cm³/mol. The molecule has 4 nitrogen and oxygen atoms in total. The summed E-state index contributed by atoms with van der Waals surface area (Å²) in [5.41, 5.74) is 1.79. The molecule has 88 valence electrons. The number of rotatable bonds is 2. The minimum Gasteiger partial charge on any atom is -0.257 e. The van der Waals surface area contributed by atoms with E-state index < -0.39 is 0 Å². The van der Waals surface area contributed by atoms with E-state index in [-0.39, 0.29) is 20.1 Å². The average molecular weight is 414 g/mol. The number of nitrogens with one attached hydrogen (secondary N) is 1. The molecule has 3 rings (SSSR count). The monoisotopic (exact) mass is 415 g/mol. The summed E-state index contributed by atoms with van der Waals surface area (Å²) in [6, 6.07) is 15.5. The topological polar surface area (TPSA) is 54.5 Å². The molecule has 2 aromatic heterocycles.